The molecule has 5 nitrogen and oxygen atoms in total. The highest BCUT2D eigenvalue weighted by molar-refractivity contribution is 7.22. The van der Waals surface area contributed by atoms with Crippen molar-refractivity contribution in [2.24, 2.45) is 0 Å². The molecule has 0 unspecified atom stereocenters. The van der Waals surface area contributed by atoms with E-state index in [-0.39, 0.29) is 0 Å². The fourth-order valence-corrected chi connectivity index (χ4v) is 3.28. The molecule has 0 atom stereocenters. The van der Waals surface area contributed by atoms with Crippen LogP contribution >= 0.6 is 22.7 Å². The number of hydrogen-bond donors (Lipinski definition) is 1. The quantitative estimate of drug-likeness (QED) is 0.827. The summed E-state index contributed by atoms with van der Waals surface area (Å²) in [5.74, 6) is 0.403. The lowest BCUT2D eigenvalue weighted by atomic mass is 10.1. The molecule has 2 aromatic rings. The van der Waals surface area contributed by atoms with E-state index >= 15 is 0 Å². The van der Waals surface area contributed by atoms with Gasteiger partial charge in [-0.15, -0.1) is 21.5 Å². The Morgan fingerprint density at radius 1 is 1.39 bits per heavy atom. The summed E-state index contributed by atoms with van der Waals surface area (Å²) in [6.45, 7) is 5.67. The van der Waals surface area contributed by atoms with Crippen molar-refractivity contribution in [3.05, 3.63) is 11.2 Å². The molecule has 0 spiro atoms. The minimum atomic E-state index is 0.403. The average Bonchev–Trinajstić information content (AvgIpc) is 2.96. The van der Waals surface area contributed by atoms with Crippen molar-refractivity contribution in [3.8, 4) is 9.88 Å². The lowest BCUT2D eigenvalue weighted by Crippen LogP contribution is -2.06. The zero-order chi connectivity index (χ0) is 13.0. The van der Waals surface area contributed by atoms with Gasteiger partial charge in [0.2, 0.25) is 5.13 Å². The topological polar surface area (TPSA) is 59.9 Å². The fourth-order valence-electron chi connectivity index (χ4n) is 1.47. The lowest BCUT2D eigenvalue weighted by Gasteiger charge is -2.01. The van der Waals surface area contributed by atoms with Gasteiger partial charge in [-0.3, -0.25) is 0 Å². The van der Waals surface area contributed by atoms with Crippen LogP contribution < -0.4 is 5.32 Å². The van der Waals surface area contributed by atoms with Crippen molar-refractivity contribution in [1.82, 2.24) is 15.2 Å². The molecule has 0 saturated heterocycles. The molecule has 0 aliphatic heterocycles. The van der Waals surface area contributed by atoms with Gasteiger partial charge in [0, 0.05) is 13.7 Å². The number of nitrogens with zero attached hydrogens (tertiary/aromatic N) is 3. The smallest absolute Gasteiger partial charge is 0.206 e. The van der Waals surface area contributed by atoms with E-state index in [1.165, 1.54) is 0 Å². The monoisotopic (exact) mass is 284 g/mol. The normalized spacial score (nSPS) is 11.1. The summed E-state index contributed by atoms with van der Waals surface area (Å²) in [5.41, 5.74) is 2.96. The van der Waals surface area contributed by atoms with Crippen LogP contribution in [0.1, 0.15) is 25.5 Å². The number of methoxy groups -OCH3 is 1. The Morgan fingerprint density at radius 2 is 2.22 bits per heavy atom. The van der Waals surface area contributed by atoms with Crippen molar-refractivity contribution >= 4 is 27.8 Å². The van der Waals surface area contributed by atoms with Gasteiger partial charge in [-0.25, -0.2) is 4.98 Å². The van der Waals surface area contributed by atoms with Crippen LogP contribution in [-0.2, 0) is 4.74 Å². The van der Waals surface area contributed by atoms with Crippen LogP contribution in [0.25, 0.3) is 9.88 Å². The molecule has 0 aromatic carbocycles. The van der Waals surface area contributed by atoms with E-state index in [9.17, 15) is 0 Å². The Bertz CT molecular complexity index is 495. The maximum atomic E-state index is 4.98. The predicted molar refractivity (Wildman–Crippen MR) is 75.5 cm³/mol. The summed E-state index contributed by atoms with van der Waals surface area (Å²) in [7, 11) is 1.68. The minimum absolute atomic E-state index is 0.403. The maximum Gasteiger partial charge on any atom is 0.206 e. The van der Waals surface area contributed by atoms with Gasteiger partial charge in [0.15, 0.2) is 5.01 Å². The van der Waals surface area contributed by atoms with Gasteiger partial charge >= 0.3 is 0 Å². The molecule has 18 heavy (non-hydrogen) atoms. The van der Waals surface area contributed by atoms with Crippen LogP contribution in [-0.4, -0.2) is 35.4 Å². The third-order valence-electron chi connectivity index (χ3n) is 2.34. The Kier molecular flexibility index (Phi) is 4.62. The van der Waals surface area contributed by atoms with E-state index in [4.69, 9.17) is 4.74 Å². The molecule has 2 rings (SSSR count). The zero-order valence-corrected chi connectivity index (χ0v) is 12.3. The first-order valence-electron chi connectivity index (χ1n) is 5.72. The standard InChI is InChI=1S/C11H16N4OS2/c1-7(2)8-9(17-6-13-8)10-14-15-11(18-10)12-4-5-16-3/h6-7H,4-5H2,1-3H3,(H,12,15). The number of ether oxygens (including phenoxy) is 1. The first kappa shape index (κ1) is 13.4. The van der Waals surface area contributed by atoms with Crippen molar-refractivity contribution in [3.63, 3.8) is 0 Å². The highest BCUT2D eigenvalue weighted by Gasteiger charge is 2.15. The van der Waals surface area contributed by atoms with E-state index in [1.807, 2.05) is 5.51 Å². The molecular formula is C11H16N4OS2. The third-order valence-corrected chi connectivity index (χ3v) is 4.22. The summed E-state index contributed by atoms with van der Waals surface area (Å²) < 4.78 is 4.98. The van der Waals surface area contributed by atoms with Crippen LogP contribution in [0, 0.1) is 0 Å². The van der Waals surface area contributed by atoms with Gasteiger partial charge < -0.3 is 10.1 Å². The van der Waals surface area contributed by atoms with Crippen LogP contribution in [0.15, 0.2) is 5.51 Å². The predicted octanol–water partition coefficient (Wildman–Crippen LogP) is 2.84. The summed E-state index contributed by atoms with van der Waals surface area (Å²) in [6, 6.07) is 0. The number of aromatic nitrogens is 3. The fraction of sp³-hybridized carbons (Fsp3) is 0.545. The second-order valence-corrected chi connectivity index (χ2v) is 5.89. The van der Waals surface area contributed by atoms with Crippen LogP contribution in [0.5, 0.6) is 0 Å². The van der Waals surface area contributed by atoms with Gasteiger partial charge in [-0.05, 0) is 5.92 Å². The molecule has 98 valence electrons. The summed E-state index contributed by atoms with van der Waals surface area (Å²) >= 11 is 3.17. The van der Waals surface area contributed by atoms with E-state index in [1.54, 1.807) is 29.8 Å². The second-order valence-electron chi connectivity index (χ2n) is 4.05. The molecule has 0 aliphatic rings. The molecule has 0 aliphatic carbocycles. The average molecular weight is 284 g/mol. The van der Waals surface area contributed by atoms with E-state index in [0.717, 1.165) is 27.3 Å². The summed E-state index contributed by atoms with van der Waals surface area (Å²) in [6.07, 6.45) is 0. The van der Waals surface area contributed by atoms with E-state index in [0.29, 0.717) is 12.5 Å². The molecule has 0 radical (unpaired) electrons. The molecule has 0 fully saturated rings. The molecule has 0 bridgehead atoms. The third kappa shape index (κ3) is 3.04. The van der Waals surface area contributed by atoms with Crippen molar-refractivity contribution in [1.29, 1.82) is 0 Å². The second kappa shape index (κ2) is 6.21. The van der Waals surface area contributed by atoms with Crippen molar-refractivity contribution < 1.29 is 4.74 Å². The largest absolute Gasteiger partial charge is 0.383 e. The minimum Gasteiger partial charge on any atom is -0.383 e. The Balaban J connectivity index is 2.11. The van der Waals surface area contributed by atoms with Crippen LogP contribution in [0.4, 0.5) is 5.13 Å². The van der Waals surface area contributed by atoms with Gasteiger partial charge in [0.25, 0.3) is 0 Å². The van der Waals surface area contributed by atoms with Gasteiger partial charge in [0.1, 0.15) is 0 Å². The molecule has 0 amide bonds. The van der Waals surface area contributed by atoms with Gasteiger partial charge in [-0.1, -0.05) is 25.2 Å². The highest BCUT2D eigenvalue weighted by Crippen LogP contribution is 2.34. The number of anilines is 1. The molecule has 2 aromatic heterocycles. The van der Waals surface area contributed by atoms with Crippen molar-refractivity contribution in [2.45, 2.75) is 19.8 Å². The molecule has 0 saturated carbocycles. The SMILES string of the molecule is COCCNc1nnc(-c2scnc2C(C)C)s1. The Morgan fingerprint density at radius 3 is 2.94 bits per heavy atom. The van der Waals surface area contributed by atoms with E-state index < -0.39 is 0 Å². The maximum absolute atomic E-state index is 4.98. The first-order chi connectivity index (χ1) is 8.72. The van der Waals surface area contributed by atoms with Crippen molar-refractivity contribution in [2.75, 3.05) is 25.6 Å². The summed E-state index contributed by atoms with van der Waals surface area (Å²) in [5, 5.41) is 13.3. The van der Waals surface area contributed by atoms with Crippen LogP contribution in [0.3, 0.4) is 0 Å². The molecule has 1 N–H and O–H groups in total. The number of nitrogens with one attached hydrogen (secondary N) is 1. The van der Waals surface area contributed by atoms with E-state index in [2.05, 4.69) is 34.3 Å². The van der Waals surface area contributed by atoms with Gasteiger partial charge in [0.05, 0.1) is 22.7 Å². The first-order valence-corrected chi connectivity index (χ1v) is 7.42. The lowest BCUT2D eigenvalue weighted by molar-refractivity contribution is 0.211. The molecular weight excluding hydrogens is 268 g/mol. The number of thiazole rings is 1. The Hall–Kier alpha value is -1.05. The molecule has 2 heterocycles. The van der Waals surface area contributed by atoms with Gasteiger partial charge in [-0.2, -0.15) is 0 Å². The number of rotatable bonds is 6. The summed E-state index contributed by atoms with van der Waals surface area (Å²) in [4.78, 5) is 5.52. The molecule has 7 heteroatoms. The highest BCUT2D eigenvalue weighted by atomic mass is 32.1. The zero-order valence-electron chi connectivity index (χ0n) is 10.6. The number of hydrogen-bond acceptors (Lipinski definition) is 7. The van der Waals surface area contributed by atoms with Crippen LogP contribution in [0.2, 0.25) is 0 Å². The Labute approximate surface area is 114 Å².